The molecule has 88 valence electrons. The summed E-state index contributed by atoms with van der Waals surface area (Å²) < 4.78 is 11.6. The van der Waals surface area contributed by atoms with Gasteiger partial charge in [0.15, 0.2) is 0 Å². The molecule has 0 aliphatic carbocycles. The monoisotopic (exact) mass is 228 g/mol. The first-order valence-electron chi connectivity index (χ1n) is 5.73. The molecule has 0 saturated carbocycles. The normalized spacial score (nSPS) is 19.1. The van der Waals surface area contributed by atoms with Crippen molar-refractivity contribution in [2.24, 2.45) is 0 Å². The zero-order chi connectivity index (χ0) is 11.7. The van der Waals surface area contributed by atoms with Gasteiger partial charge < -0.3 is 9.16 Å². The lowest BCUT2D eigenvalue weighted by molar-refractivity contribution is 0.128. The topological polar surface area (TPSA) is 18.5 Å². The molecule has 1 aliphatic rings. The Morgan fingerprint density at radius 2 is 1.67 bits per heavy atom. The fourth-order valence-corrected chi connectivity index (χ4v) is 5.68. The Balaban J connectivity index is 2.82. The van der Waals surface area contributed by atoms with Gasteiger partial charge in [-0.1, -0.05) is 27.2 Å². The van der Waals surface area contributed by atoms with Crippen molar-refractivity contribution in [1.29, 1.82) is 0 Å². The van der Waals surface area contributed by atoms with Gasteiger partial charge in [0.1, 0.15) is 0 Å². The first-order valence-corrected chi connectivity index (χ1v) is 8.05. The third-order valence-electron chi connectivity index (χ3n) is 3.41. The van der Waals surface area contributed by atoms with Crippen LogP contribution in [-0.2, 0) is 9.16 Å². The largest absolute Gasteiger partial charge is 0.518 e. The van der Waals surface area contributed by atoms with Crippen LogP contribution in [0.1, 0.15) is 41.0 Å². The third kappa shape index (κ3) is 2.38. The number of hydrogen-bond acceptors (Lipinski definition) is 2. The summed E-state index contributed by atoms with van der Waals surface area (Å²) in [4.78, 5) is 0. The van der Waals surface area contributed by atoms with Gasteiger partial charge in [0.05, 0.1) is 7.11 Å². The number of ether oxygens (including phenoxy) is 1. The summed E-state index contributed by atoms with van der Waals surface area (Å²) in [6.45, 7) is 11.0. The van der Waals surface area contributed by atoms with Gasteiger partial charge in [0, 0.05) is 5.57 Å². The second-order valence-corrected chi connectivity index (χ2v) is 10.4. The molecule has 0 aromatic carbocycles. The van der Waals surface area contributed by atoms with Gasteiger partial charge in [0.25, 0.3) is 14.3 Å². The molecule has 1 heterocycles. The van der Waals surface area contributed by atoms with Crippen LogP contribution >= 0.6 is 0 Å². The maximum atomic E-state index is 6.25. The van der Waals surface area contributed by atoms with Crippen LogP contribution in [0, 0.1) is 0 Å². The number of rotatable bonds is 3. The smallest absolute Gasteiger partial charge is 0.263 e. The molecule has 0 bridgehead atoms. The molecule has 0 N–H and O–H groups in total. The van der Waals surface area contributed by atoms with Crippen molar-refractivity contribution in [3.63, 3.8) is 0 Å². The molecule has 1 rings (SSSR count). The summed E-state index contributed by atoms with van der Waals surface area (Å²) in [6, 6.07) is 2.55. The lowest BCUT2D eigenvalue weighted by atomic mass is 10.2. The molecule has 0 aromatic heterocycles. The predicted molar refractivity (Wildman–Crippen MR) is 66.2 cm³/mol. The van der Waals surface area contributed by atoms with Crippen LogP contribution < -0.4 is 0 Å². The number of methoxy groups -OCH3 is 1. The van der Waals surface area contributed by atoms with Crippen molar-refractivity contribution in [1.82, 2.24) is 0 Å². The van der Waals surface area contributed by atoms with Gasteiger partial charge in [-0.3, -0.25) is 0 Å². The molecule has 0 radical (unpaired) electrons. The van der Waals surface area contributed by atoms with Crippen LogP contribution in [-0.4, -0.2) is 15.4 Å². The van der Waals surface area contributed by atoms with Crippen LogP contribution in [0.5, 0.6) is 0 Å². The summed E-state index contributed by atoms with van der Waals surface area (Å²) in [5, 5.41) is 0.310. The highest BCUT2D eigenvalue weighted by atomic mass is 28.4. The first-order chi connectivity index (χ1) is 6.82. The molecule has 0 amide bonds. The zero-order valence-electron chi connectivity index (χ0n) is 10.9. The van der Waals surface area contributed by atoms with E-state index in [0.717, 1.165) is 11.5 Å². The number of allylic oxidation sites excluding steroid dienone is 1. The van der Waals surface area contributed by atoms with Crippen molar-refractivity contribution >= 4 is 8.32 Å². The average Bonchev–Trinajstić information content (AvgIpc) is 1.99. The number of hydrogen-bond donors (Lipinski definition) is 0. The van der Waals surface area contributed by atoms with Crippen molar-refractivity contribution in [3.8, 4) is 0 Å². The Kier molecular flexibility index (Phi) is 3.54. The highest BCUT2D eigenvalue weighted by molar-refractivity contribution is 6.79. The second-order valence-electron chi connectivity index (χ2n) is 5.69. The van der Waals surface area contributed by atoms with Crippen molar-refractivity contribution in [3.05, 3.63) is 11.5 Å². The minimum Gasteiger partial charge on any atom is -0.518 e. The van der Waals surface area contributed by atoms with E-state index >= 15 is 0 Å². The fraction of sp³-hybridized carbons (Fsp3) is 0.833. The van der Waals surface area contributed by atoms with E-state index in [1.807, 2.05) is 13.8 Å². The third-order valence-corrected chi connectivity index (χ3v) is 9.04. The lowest BCUT2D eigenvalue weighted by Crippen LogP contribution is -2.52. The van der Waals surface area contributed by atoms with E-state index in [-0.39, 0.29) is 0 Å². The summed E-state index contributed by atoms with van der Waals surface area (Å²) >= 11 is 0. The summed E-state index contributed by atoms with van der Waals surface area (Å²) in [7, 11) is 0.126. The summed E-state index contributed by atoms with van der Waals surface area (Å²) in [5.74, 6) is 0.760. The van der Waals surface area contributed by atoms with E-state index in [1.54, 1.807) is 7.11 Å². The minimum absolute atomic E-state index is 0.310. The van der Waals surface area contributed by atoms with Gasteiger partial charge in [-0.15, -0.1) is 0 Å². The molecule has 0 unspecified atom stereocenters. The summed E-state index contributed by atoms with van der Waals surface area (Å²) in [5.41, 5.74) is 1.14. The molecule has 2 nitrogen and oxygen atoms in total. The molecule has 1 fully saturated rings. The molecule has 1 saturated heterocycles. The lowest BCUT2D eigenvalue weighted by Gasteiger charge is -2.48. The molecule has 15 heavy (non-hydrogen) atoms. The quantitative estimate of drug-likeness (QED) is 0.536. The highest BCUT2D eigenvalue weighted by Gasteiger charge is 2.53. The zero-order valence-corrected chi connectivity index (χ0v) is 11.9. The Labute approximate surface area is 94.8 Å². The summed E-state index contributed by atoms with van der Waals surface area (Å²) in [6.07, 6.45) is 1.32. The Morgan fingerprint density at radius 1 is 1.13 bits per heavy atom. The van der Waals surface area contributed by atoms with E-state index < -0.39 is 8.32 Å². The van der Waals surface area contributed by atoms with E-state index in [4.69, 9.17) is 9.16 Å². The highest BCUT2D eigenvalue weighted by Crippen LogP contribution is 2.51. The average molecular weight is 228 g/mol. The van der Waals surface area contributed by atoms with Crippen LogP contribution in [0.3, 0.4) is 0 Å². The molecular weight excluding hydrogens is 204 g/mol. The van der Waals surface area contributed by atoms with E-state index in [9.17, 15) is 0 Å². The standard InChI is InChI=1S/C12H24O2Si/c1-10(2)11(13-6)14-15(8-7-9-15)12(3,4)5/h7-9H2,1-6H3. The van der Waals surface area contributed by atoms with Crippen LogP contribution in [0.15, 0.2) is 11.5 Å². The van der Waals surface area contributed by atoms with Crippen molar-refractivity contribution < 1.29 is 9.16 Å². The van der Waals surface area contributed by atoms with Gasteiger partial charge in [-0.05, 0) is 31.0 Å². The Hall–Kier alpha value is -0.443. The van der Waals surface area contributed by atoms with Gasteiger partial charge in [0.2, 0.25) is 0 Å². The molecular formula is C12H24O2Si. The van der Waals surface area contributed by atoms with Crippen molar-refractivity contribution in [2.45, 2.75) is 58.2 Å². The molecule has 0 aromatic rings. The Morgan fingerprint density at radius 3 is 1.87 bits per heavy atom. The minimum atomic E-state index is -1.57. The molecule has 1 aliphatic heterocycles. The van der Waals surface area contributed by atoms with Gasteiger partial charge in [-0.2, -0.15) is 0 Å². The fourth-order valence-electron chi connectivity index (χ4n) is 2.03. The van der Waals surface area contributed by atoms with Crippen LogP contribution in [0.25, 0.3) is 0 Å². The Bertz CT molecular complexity index is 255. The maximum Gasteiger partial charge on any atom is 0.263 e. The molecule has 0 spiro atoms. The van der Waals surface area contributed by atoms with Crippen molar-refractivity contribution in [2.75, 3.05) is 7.11 Å². The predicted octanol–water partition coefficient (Wildman–Crippen LogP) is 4.05. The van der Waals surface area contributed by atoms with Gasteiger partial charge in [-0.25, -0.2) is 0 Å². The van der Waals surface area contributed by atoms with E-state index in [2.05, 4.69) is 20.8 Å². The molecule has 0 atom stereocenters. The molecule has 3 heteroatoms. The second kappa shape index (κ2) is 4.20. The van der Waals surface area contributed by atoms with E-state index in [0.29, 0.717) is 5.04 Å². The maximum absolute atomic E-state index is 6.25. The van der Waals surface area contributed by atoms with Crippen LogP contribution in [0.2, 0.25) is 17.1 Å². The van der Waals surface area contributed by atoms with Crippen LogP contribution in [0.4, 0.5) is 0 Å². The van der Waals surface area contributed by atoms with Gasteiger partial charge >= 0.3 is 0 Å². The van der Waals surface area contributed by atoms with E-state index in [1.165, 1.54) is 18.5 Å². The SMILES string of the molecule is COC(O[Si]1(C(C)(C)C)CCC1)=C(C)C. The first kappa shape index (κ1) is 12.6.